The van der Waals surface area contributed by atoms with Crippen LogP contribution in [-0.2, 0) is 0 Å². The van der Waals surface area contributed by atoms with Crippen molar-refractivity contribution in [1.82, 2.24) is 9.97 Å². The van der Waals surface area contributed by atoms with Gasteiger partial charge >= 0.3 is 0 Å². The van der Waals surface area contributed by atoms with Gasteiger partial charge in [0.05, 0.1) is 6.33 Å². The van der Waals surface area contributed by atoms with E-state index in [0.29, 0.717) is 10.3 Å². The van der Waals surface area contributed by atoms with E-state index in [1.165, 1.54) is 6.33 Å². The lowest BCUT2D eigenvalue weighted by molar-refractivity contribution is 1.10. The molecular formula is C12H12BrN3O. The van der Waals surface area contributed by atoms with Gasteiger partial charge in [0.2, 0.25) is 0 Å². The molecule has 2 aromatic rings. The minimum Gasteiger partial charge on any atom is -0.339 e. The number of rotatable bonds is 2. The van der Waals surface area contributed by atoms with Crippen LogP contribution in [0.25, 0.3) is 0 Å². The first-order valence-corrected chi connectivity index (χ1v) is 5.94. The van der Waals surface area contributed by atoms with Crippen molar-refractivity contribution in [1.29, 1.82) is 0 Å². The number of hydrogen-bond donors (Lipinski definition) is 2. The van der Waals surface area contributed by atoms with Crippen molar-refractivity contribution in [2.75, 3.05) is 5.32 Å². The highest BCUT2D eigenvalue weighted by Gasteiger charge is 2.06. The zero-order chi connectivity index (χ0) is 12.4. The molecule has 0 aliphatic carbocycles. The van der Waals surface area contributed by atoms with Gasteiger partial charge in [-0.05, 0) is 47.0 Å². The van der Waals surface area contributed by atoms with E-state index in [-0.39, 0.29) is 5.56 Å². The van der Waals surface area contributed by atoms with Gasteiger partial charge in [0.15, 0.2) is 5.82 Å². The van der Waals surface area contributed by atoms with Crippen LogP contribution in [0.15, 0.2) is 33.8 Å². The fraction of sp³-hybridized carbons (Fsp3) is 0.167. The van der Waals surface area contributed by atoms with Crippen molar-refractivity contribution in [3.63, 3.8) is 0 Å². The Morgan fingerprint density at radius 2 is 2.12 bits per heavy atom. The Kier molecular flexibility index (Phi) is 3.28. The topological polar surface area (TPSA) is 57.8 Å². The molecule has 0 radical (unpaired) electrons. The summed E-state index contributed by atoms with van der Waals surface area (Å²) in [4.78, 5) is 18.0. The number of hydrogen-bond acceptors (Lipinski definition) is 3. The molecule has 2 N–H and O–H groups in total. The van der Waals surface area contributed by atoms with Gasteiger partial charge in [0.1, 0.15) is 4.47 Å². The van der Waals surface area contributed by atoms with Crippen molar-refractivity contribution in [3.8, 4) is 0 Å². The van der Waals surface area contributed by atoms with E-state index in [2.05, 4.69) is 31.2 Å². The predicted octanol–water partition coefficient (Wildman–Crippen LogP) is 2.89. The van der Waals surface area contributed by atoms with Crippen LogP contribution in [0, 0.1) is 13.8 Å². The van der Waals surface area contributed by atoms with Crippen molar-refractivity contribution < 1.29 is 0 Å². The Balaban J connectivity index is 2.41. The van der Waals surface area contributed by atoms with Crippen LogP contribution in [0.2, 0.25) is 0 Å². The number of nitrogens with one attached hydrogen (secondary N) is 2. The molecule has 0 fully saturated rings. The highest BCUT2D eigenvalue weighted by atomic mass is 79.9. The van der Waals surface area contributed by atoms with Gasteiger partial charge in [-0.3, -0.25) is 4.79 Å². The Hall–Kier alpha value is -1.62. The van der Waals surface area contributed by atoms with Crippen molar-refractivity contribution in [3.05, 3.63) is 50.5 Å². The maximum Gasteiger partial charge on any atom is 0.267 e. The number of aromatic amines is 1. The third-order valence-electron chi connectivity index (χ3n) is 2.44. The van der Waals surface area contributed by atoms with Gasteiger partial charge in [-0.25, -0.2) is 4.98 Å². The first-order valence-electron chi connectivity index (χ1n) is 5.15. The van der Waals surface area contributed by atoms with E-state index in [0.717, 1.165) is 16.8 Å². The fourth-order valence-electron chi connectivity index (χ4n) is 1.47. The lowest BCUT2D eigenvalue weighted by atomic mass is 10.1. The first-order chi connectivity index (χ1) is 8.08. The molecule has 5 heteroatoms. The van der Waals surface area contributed by atoms with Crippen LogP contribution in [0.4, 0.5) is 11.5 Å². The van der Waals surface area contributed by atoms with Crippen molar-refractivity contribution in [2.45, 2.75) is 13.8 Å². The van der Waals surface area contributed by atoms with Crippen molar-refractivity contribution >= 4 is 27.4 Å². The van der Waals surface area contributed by atoms with Crippen LogP contribution < -0.4 is 10.9 Å². The van der Waals surface area contributed by atoms with Gasteiger partial charge in [-0.2, -0.15) is 0 Å². The molecular weight excluding hydrogens is 282 g/mol. The van der Waals surface area contributed by atoms with Gasteiger partial charge in [-0.1, -0.05) is 12.1 Å². The van der Waals surface area contributed by atoms with E-state index in [4.69, 9.17) is 0 Å². The Morgan fingerprint density at radius 1 is 1.35 bits per heavy atom. The summed E-state index contributed by atoms with van der Waals surface area (Å²) in [6, 6.07) is 6.09. The highest BCUT2D eigenvalue weighted by Crippen LogP contribution is 2.23. The Bertz CT molecular complexity index is 607. The third kappa shape index (κ3) is 2.55. The molecule has 0 aliphatic heterocycles. The summed E-state index contributed by atoms with van der Waals surface area (Å²) >= 11 is 3.21. The first kappa shape index (κ1) is 11.9. The molecule has 0 bridgehead atoms. The van der Waals surface area contributed by atoms with Crippen LogP contribution in [-0.4, -0.2) is 9.97 Å². The third-order valence-corrected chi connectivity index (χ3v) is 3.18. The zero-order valence-electron chi connectivity index (χ0n) is 9.54. The average Bonchev–Trinajstić information content (AvgIpc) is 2.30. The predicted molar refractivity (Wildman–Crippen MR) is 71.8 cm³/mol. The molecule has 0 atom stereocenters. The number of H-pyrrole nitrogens is 1. The lowest BCUT2D eigenvalue weighted by Crippen LogP contribution is -2.10. The number of aromatic nitrogens is 2. The second-order valence-electron chi connectivity index (χ2n) is 3.84. The summed E-state index contributed by atoms with van der Waals surface area (Å²) in [6.45, 7) is 4.02. The molecule has 2 rings (SSSR count). The van der Waals surface area contributed by atoms with Crippen LogP contribution in [0.1, 0.15) is 11.1 Å². The monoisotopic (exact) mass is 293 g/mol. The Morgan fingerprint density at radius 3 is 2.88 bits per heavy atom. The summed E-state index contributed by atoms with van der Waals surface area (Å²) in [6.07, 6.45) is 1.38. The molecule has 4 nitrogen and oxygen atoms in total. The average molecular weight is 294 g/mol. The fourth-order valence-corrected chi connectivity index (χ4v) is 1.78. The molecule has 0 amide bonds. The normalized spacial score (nSPS) is 10.3. The minimum absolute atomic E-state index is 0.201. The number of benzene rings is 1. The maximum absolute atomic E-state index is 11.4. The molecule has 88 valence electrons. The number of halogens is 1. The second kappa shape index (κ2) is 4.71. The smallest absolute Gasteiger partial charge is 0.267 e. The molecule has 0 saturated heterocycles. The van der Waals surface area contributed by atoms with Crippen LogP contribution >= 0.6 is 15.9 Å². The number of anilines is 2. The minimum atomic E-state index is -0.201. The van der Waals surface area contributed by atoms with E-state index >= 15 is 0 Å². The Labute approximate surface area is 107 Å². The molecule has 1 aromatic heterocycles. The van der Waals surface area contributed by atoms with E-state index in [1.807, 2.05) is 32.0 Å². The summed E-state index contributed by atoms with van der Waals surface area (Å²) in [7, 11) is 0. The van der Waals surface area contributed by atoms with Crippen LogP contribution in [0.5, 0.6) is 0 Å². The molecule has 0 saturated carbocycles. The quantitative estimate of drug-likeness (QED) is 0.895. The molecule has 1 heterocycles. The maximum atomic E-state index is 11.4. The summed E-state index contributed by atoms with van der Waals surface area (Å²) in [5, 5.41) is 3.14. The standard InChI is InChI=1S/C12H12BrN3O/c1-7-3-4-8(2)9(5-7)16-11-10(13)12(17)15-6-14-11/h3-6H,1-2H3,(H2,14,15,16,17). The van der Waals surface area contributed by atoms with E-state index in [1.54, 1.807) is 0 Å². The zero-order valence-corrected chi connectivity index (χ0v) is 11.1. The van der Waals surface area contributed by atoms with Gasteiger partial charge in [0.25, 0.3) is 5.56 Å². The molecule has 0 spiro atoms. The highest BCUT2D eigenvalue weighted by molar-refractivity contribution is 9.10. The molecule has 17 heavy (non-hydrogen) atoms. The summed E-state index contributed by atoms with van der Waals surface area (Å²) < 4.78 is 0.404. The summed E-state index contributed by atoms with van der Waals surface area (Å²) in [5.74, 6) is 0.516. The number of aryl methyl sites for hydroxylation is 2. The van der Waals surface area contributed by atoms with Crippen LogP contribution in [0.3, 0.4) is 0 Å². The second-order valence-corrected chi connectivity index (χ2v) is 4.63. The van der Waals surface area contributed by atoms with Gasteiger partial charge in [-0.15, -0.1) is 0 Å². The summed E-state index contributed by atoms with van der Waals surface area (Å²) in [5.41, 5.74) is 3.00. The molecule has 0 aliphatic rings. The lowest BCUT2D eigenvalue weighted by Gasteiger charge is -2.10. The molecule has 0 unspecified atom stereocenters. The SMILES string of the molecule is Cc1ccc(C)c(Nc2nc[nH]c(=O)c2Br)c1. The van der Waals surface area contributed by atoms with E-state index in [9.17, 15) is 4.79 Å². The largest absolute Gasteiger partial charge is 0.339 e. The van der Waals surface area contributed by atoms with Crippen molar-refractivity contribution in [2.24, 2.45) is 0 Å². The number of nitrogens with zero attached hydrogens (tertiary/aromatic N) is 1. The van der Waals surface area contributed by atoms with Gasteiger partial charge in [0, 0.05) is 5.69 Å². The van der Waals surface area contributed by atoms with E-state index < -0.39 is 0 Å². The van der Waals surface area contributed by atoms with Gasteiger partial charge < -0.3 is 10.3 Å². The molecule has 1 aromatic carbocycles.